The van der Waals surface area contributed by atoms with Crippen molar-refractivity contribution in [2.24, 2.45) is 5.41 Å². The zero-order chi connectivity index (χ0) is 29.6. The lowest BCUT2D eigenvalue weighted by Gasteiger charge is -2.40. The fourth-order valence-electron chi connectivity index (χ4n) is 5.33. The van der Waals surface area contributed by atoms with Gasteiger partial charge < -0.3 is 30.2 Å². The van der Waals surface area contributed by atoms with Gasteiger partial charge in [-0.1, -0.05) is 0 Å². The van der Waals surface area contributed by atoms with Crippen LogP contribution in [0.3, 0.4) is 0 Å². The summed E-state index contributed by atoms with van der Waals surface area (Å²) in [5.74, 6) is -0.935. The number of β-amino-alcohol motifs (C(OH)–C–C–N with tert-alkyl or cyclic N) is 2. The third-order valence-corrected chi connectivity index (χ3v) is 7.96. The standard InChI is InChI=1S/C25H30F6N4O5/c1-14-21(39)34(12-16(36)11-20(38)33-7-6-23(4-5-23)19(37)13-33)8-9-35(14)22(40)32-15-2-3-17(24(26,27)28)18(10-15)25(29,30)31/h2-3,10,14,16,19,36-37H,4-9,11-13H2,1H3,(H,32,40)/t14-,16+,19+/m0/s1. The predicted molar refractivity (Wildman–Crippen MR) is 128 cm³/mol. The van der Waals surface area contributed by atoms with Crippen molar-refractivity contribution in [2.45, 2.75) is 63.2 Å². The molecule has 3 aliphatic rings. The molecule has 1 aromatic carbocycles. The van der Waals surface area contributed by atoms with Crippen LogP contribution in [0.1, 0.15) is 43.7 Å². The van der Waals surface area contributed by atoms with Gasteiger partial charge in [0, 0.05) is 38.4 Å². The second-order valence-corrected chi connectivity index (χ2v) is 10.7. The summed E-state index contributed by atoms with van der Waals surface area (Å²) in [7, 11) is 0. The van der Waals surface area contributed by atoms with Crippen molar-refractivity contribution in [2.75, 3.05) is 38.0 Å². The van der Waals surface area contributed by atoms with E-state index >= 15 is 0 Å². The van der Waals surface area contributed by atoms with Gasteiger partial charge in [0.2, 0.25) is 11.8 Å². The van der Waals surface area contributed by atoms with Gasteiger partial charge in [0.05, 0.1) is 29.8 Å². The number of amides is 4. The number of piperidine rings is 1. The third-order valence-electron chi connectivity index (χ3n) is 7.96. The number of aliphatic hydroxyl groups is 2. The van der Waals surface area contributed by atoms with Gasteiger partial charge in [-0.25, -0.2) is 4.79 Å². The van der Waals surface area contributed by atoms with Crippen molar-refractivity contribution in [3.8, 4) is 0 Å². The first-order valence-electron chi connectivity index (χ1n) is 12.8. The molecule has 3 N–H and O–H groups in total. The van der Waals surface area contributed by atoms with E-state index in [1.807, 2.05) is 0 Å². The van der Waals surface area contributed by atoms with Gasteiger partial charge in [-0.15, -0.1) is 0 Å². The summed E-state index contributed by atoms with van der Waals surface area (Å²) < 4.78 is 78.7. The number of urea groups is 1. The molecule has 0 aromatic heterocycles. The van der Waals surface area contributed by atoms with Gasteiger partial charge in [0.25, 0.3) is 0 Å². The van der Waals surface area contributed by atoms with Gasteiger partial charge in [-0.05, 0) is 49.8 Å². The van der Waals surface area contributed by atoms with Crippen LogP contribution < -0.4 is 5.32 Å². The Hall–Kier alpha value is -3.07. The number of hydrogen-bond acceptors (Lipinski definition) is 5. The Labute approximate surface area is 225 Å². The Morgan fingerprint density at radius 2 is 1.70 bits per heavy atom. The van der Waals surface area contributed by atoms with E-state index in [0.29, 0.717) is 19.0 Å². The highest BCUT2D eigenvalue weighted by Crippen LogP contribution is 2.53. The molecular weight excluding hydrogens is 550 g/mol. The molecule has 1 spiro atoms. The first-order chi connectivity index (χ1) is 18.5. The second-order valence-electron chi connectivity index (χ2n) is 10.7. The summed E-state index contributed by atoms with van der Waals surface area (Å²) >= 11 is 0. The molecule has 40 heavy (non-hydrogen) atoms. The molecule has 222 valence electrons. The lowest BCUT2D eigenvalue weighted by Crippen LogP contribution is -2.59. The Balaban J connectivity index is 1.32. The van der Waals surface area contributed by atoms with Crippen LogP contribution in [-0.2, 0) is 21.9 Å². The van der Waals surface area contributed by atoms with E-state index in [0.717, 1.165) is 17.7 Å². The Bertz CT molecular complexity index is 1160. The van der Waals surface area contributed by atoms with Gasteiger partial charge >= 0.3 is 18.4 Å². The van der Waals surface area contributed by atoms with E-state index < -0.39 is 59.4 Å². The maximum absolute atomic E-state index is 13.2. The average molecular weight is 581 g/mol. The highest BCUT2D eigenvalue weighted by Gasteiger charge is 2.52. The van der Waals surface area contributed by atoms with Crippen LogP contribution in [-0.4, -0.2) is 93.7 Å². The SMILES string of the molecule is C[C@H]1C(=O)N(C[C@H](O)CC(=O)N2CCC3(CC3)[C@H](O)C2)CCN1C(=O)Nc1ccc(C(F)(F)F)c(C(F)(F)F)c1. The predicted octanol–water partition coefficient (Wildman–Crippen LogP) is 2.91. The van der Waals surface area contributed by atoms with Gasteiger partial charge in [-0.2, -0.15) is 26.3 Å². The lowest BCUT2D eigenvalue weighted by atomic mass is 9.90. The second kappa shape index (κ2) is 10.7. The first-order valence-corrected chi connectivity index (χ1v) is 12.8. The highest BCUT2D eigenvalue weighted by molar-refractivity contribution is 5.94. The fourth-order valence-corrected chi connectivity index (χ4v) is 5.33. The molecule has 2 heterocycles. The minimum atomic E-state index is -5.32. The minimum Gasteiger partial charge on any atom is -0.391 e. The van der Waals surface area contributed by atoms with Crippen LogP contribution in [0.4, 0.5) is 36.8 Å². The quantitative estimate of drug-likeness (QED) is 0.464. The molecule has 0 unspecified atom stereocenters. The Morgan fingerprint density at radius 3 is 2.27 bits per heavy atom. The number of nitrogens with zero attached hydrogens (tertiary/aromatic N) is 3. The largest absolute Gasteiger partial charge is 0.417 e. The molecule has 4 amide bonds. The summed E-state index contributed by atoms with van der Waals surface area (Å²) in [6.45, 7) is 1.72. The van der Waals surface area contributed by atoms with Gasteiger partial charge in [-0.3, -0.25) is 9.59 Å². The van der Waals surface area contributed by atoms with Crippen molar-refractivity contribution in [3.05, 3.63) is 29.3 Å². The molecule has 15 heteroatoms. The number of piperazine rings is 1. The Morgan fingerprint density at radius 1 is 1.05 bits per heavy atom. The summed E-state index contributed by atoms with van der Waals surface area (Å²) in [5, 5.41) is 22.9. The maximum Gasteiger partial charge on any atom is 0.417 e. The lowest BCUT2D eigenvalue weighted by molar-refractivity contribution is -0.162. The number of carbonyl (C=O) groups excluding carboxylic acids is 3. The normalized spacial score (nSPS) is 23.8. The molecule has 2 aliphatic heterocycles. The molecular formula is C25H30F6N4O5. The minimum absolute atomic E-state index is 0.0480. The summed E-state index contributed by atoms with van der Waals surface area (Å²) in [6, 6.07) is -0.982. The van der Waals surface area contributed by atoms with Gasteiger partial charge in [0.15, 0.2) is 0 Å². The smallest absolute Gasteiger partial charge is 0.391 e. The van der Waals surface area contributed by atoms with Crippen LogP contribution >= 0.6 is 0 Å². The van der Waals surface area contributed by atoms with Crippen molar-refractivity contribution in [3.63, 3.8) is 0 Å². The van der Waals surface area contributed by atoms with E-state index in [9.17, 15) is 50.9 Å². The first kappa shape index (κ1) is 29.9. The number of alkyl halides is 6. The zero-order valence-electron chi connectivity index (χ0n) is 21.6. The van der Waals surface area contributed by atoms with Crippen molar-refractivity contribution >= 4 is 23.5 Å². The molecule has 3 fully saturated rings. The number of nitrogens with one attached hydrogen (secondary N) is 1. The molecule has 0 radical (unpaired) electrons. The maximum atomic E-state index is 13.2. The van der Waals surface area contributed by atoms with E-state index in [1.165, 1.54) is 16.7 Å². The highest BCUT2D eigenvalue weighted by atomic mass is 19.4. The number of aliphatic hydroxyl groups excluding tert-OH is 2. The van der Waals surface area contributed by atoms with E-state index in [2.05, 4.69) is 5.32 Å². The molecule has 2 saturated heterocycles. The van der Waals surface area contributed by atoms with Crippen LogP contribution in [0.2, 0.25) is 0 Å². The summed E-state index contributed by atoms with van der Waals surface area (Å²) in [4.78, 5) is 42.0. The van der Waals surface area contributed by atoms with E-state index in [1.54, 1.807) is 0 Å². The number of carbonyl (C=O) groups is 3. The van der Waals surface area contributed by atoms with Crippen LogP contribution in [0, 0.1) is 5.41 Å². The number of anilines is 1. The molecule has 0 bridgehead atoms. The summed E-state index contributed by atoms with van der Waals surface area (Å²) in [5.41, 5.74) is -4.47. The van der Waals surface area contributed by atoms with Gasteiger partial charge in [0.1, 0.15) is 6.04 Å². The van der Waals surface area contributed by atoms with Crippen molar-refractivity contribution in [1.82, 2.24) is 14.7 Å². The molecule has 3 atom stereocenters. The third kappa shape index (κ3) is 6.29. The molecule has 1 saturated carbocycles. The number of benzene rings is 1. The van der Waals surface area contributed by atoms with Crippen LogP contribution in [0.5, 0.6) is 0 Å². The average Bonchev–Trinajstić information content (AvgIpc) is 3.63. The Kier molecular flexibility index (Phi) is 8.02. The van der Waals surface area contributed by atoms with Crippen LogP contribution in [0.15, 0.2) is 18.2 Å². The zero-order valence-corrected chi connectivity index (χ0v) is 21.6. The number of likely N-dealkylation sites (tertiary alicyclic amines) is 1. The van der Waals surface area contributed by atoms with Crippen molar-refractivity contribution in [1.29, 1.82) is 0 Å². The molecule has 1 aromatic rings. The molecule has 9 nitrogen and oxygen atoms in total. The summed E-state index contributed by atoms with van der Waals surface area (Å²) in [6.07, 6.45) is -10.1. The molecule has 4 rings (SSSR count). The van der Waals surface area contributed by atoms with Crippen molar-refractivity contribution < 1.29 is 50.9 Å². The monoisotopic (exact) mass is 580 g/mol. The number of halogens is 6. The van der Waals surface area contributed by atoms with Crippen LogP contribution in [0.25, 0.3) is 0 Å². The fraction of sp³-hybridized carbons (Fsp3) is 0.640. The molecule has 1 aliphatic carbocycles. The number of hydrogen-bond donors (Lipinski definition) is 3. The van der Waals surface area contributed by atoms with E-state index in [4.69, 9.17) is 0 Å². The topological polar surface area (TPSA) is 113 Å². The van der Waals surface area contributed by atoms with E-state index in [-0.39, 0.29) is 56.1 Å². The number of rotatable bonds is 5.